The molecule has 2 aliphatic rings. The van der Waals surface area contributed by atoms with Crippen LogP contribution in [-0.2, 0) is 16.5 Å². The average molecular weight is 357 g/mol. The number of carbonyl (C=O) groups is 1. The van der Waals surface area contributed by atoms with Crippen LogP contribution in [0.1, 0.15) is 16.8 Å². The minimum Gasteiger partial charge on any atom is -0.496 e. The smallest absolute Gasteiger partial charge is 0.257 e. The van der Waals surface area contributed by atoms with Crippen molar-refractivity contribution in [3.63, 3.8) is 0 Å². The summed E-state index contributed by atoms with van der Waals surface area (Å²) in [6.45, 7) is 2.87. The van der Waals surface area contributed by atoms with Gasteiger partial charge >= 0.3 is 0 Å². The molecule has 1 unspecified atom stereocenters. The first kappa shape index (κ1) is 17.1. The molecule has 2 aliphatic heterocycles. The van der Waals surface area contributed by atoms with Crippen molar-refractivity contribution in [1.82, 2.24) is 14.7 Å². The van der Waals surface area contributed by atoms with Crippen LogP contribution in [0.25, 0.3) is 11.3 Å². The predicted molar refractivity (Wildman–Crippen MR) is 95.2 cm³/mol. The highest BCUT2D eigenvalue weighted by molar-refractivity contribution is 6.00. The molecule has 26 heavy (non-hydrogen) atoms. The van der Waals surface area contributed by atoms with Crippen molar-refractivity contribution in [2.24, 2.45) is 7.05 Å². The Morgan fingerprint density at radius 1 is 1.31 bits per heavy atom. The van der Waals surface area contributed by atoms with Gasteiger partial charge in [0.2, 0.25) is 0 Å². The lowest BCUT2D eigenvalue weighted by molar-refractivity contribution is -0.0995. The second kappa shape index (κ2) is 6.74. The third-order valence-electron chi connectivity index (χ3n) is 5.02. The van der Waals surface area contributed by atoms with Crippen molar-refractivity contribution >= 4 is 5.91 Å². The summed E-state index contributed by atoms with van der Waals surface area (Å²) in [7, 11) is 3.44. The zero-order valence-electron chi connectivity index (χ0n) is 15.1. The minimum absolute atomic E-state index is 0.0337. The molecule has 3 heterocycles. The fourth-order valence-corrected chi connectivity index (χ4v) is 3.70. The molecule has 1 aromatic carbocycles. The lowest BCUT2D eigenvalue weighted by Crippen LogP contribution is -2.54. The number of para-hydroxylation sites is 1. The normalized spacial score (nSPS) is 22.8. The van der Waals surface area contributed by atoms with Crippen molar-refractivity contribution in [1.29, 1.82) is 0 Å². The topological polar surface area (TPSA) is 65.8 Å². The van der Waals surface area contributed by atoms with Crippen molar-refractivity contribution < 1.29 is 19.0 Å². The van der Waals surface area contributed by atoms with Crippen LogP contribution in [0, 0.1) is 0 Å². The number of methoxy groups -OCH3 is 1. The number of benzene rings is 1. The van der Waals surface area contributed by atoms with Crippen LogP contribution in [0.2, 0.25) is 0 Å². The number of aryl methyl sites for hydroxylation is 1. The lowest BCUT2D eigenvalue weighted by Gasteiger charge is -2.39. The Kier molecular flexibility index (Phi) is 4.42. The second-order valence-electron chi connectivity index (χ2n) is 6.83. The largest absolute Gasteiger partial charge is 0.496 e. The summed E-state index contributed by atoms with van der Waals surface area (Å²) in [6.07, 6.45) is 2.60. The standard InChI is InChI=1S/C19H23N3O4/c1-21-11-15(17(20-21)14-5-3-4-6-16(14)24-2)18(23)22-8-10-26-19(12-22)7-9-25-13-19/h3-6,11H,7-10,12-13H2,1-2H3. The van der Waals surface area contributed by atoms with E-state index in [-0.39, 0.29) is 11.5 Å². The van der Waals surface area contributed by atoms with E-state index in [9.17, 15) is 4.79 Å². The van der Waals surface area contributed by atoms with Gasteiger partial charge < -0.3 is 19.1 Å². The van der Waals surface area contributed by atoms with E-state index in [4.69, 9.17) is 14.2 Å². The Morgan fingerprint density at radius 3 is 2.92 bits per heavy atom. The van der Waals surface area contributed by atoms with E-state index in [0.717, 1.165) is 12.0 Å². The fourth-order valence-electron chi connectivity index (χ4n) is 3.70. The third-order valence-corrected chi connectivity index (χ3v) is 5.02. The maximum atomic E-state index is 13.3. The van der Waals surface area contributed by atoms with Crippen molar-refractivity contribution in [3.05, 3.63) is 36.0 Å². The van der Waals surface area contributed by atoms with E-state index < -0.39 is 0 Å². The first-order valence-corrected chi connectivity index (χ1v) is 8.80. The molecule has 2 aromatic rings. The summed E-state index contributed by atoms with van der Waals surface area (Å²) in [5.41, 5.74) is 1.66. The molecule has 2 saturated heterocycles. The maximum Gasteiger partial charge on any atom is 0.257 e. The first-order valence-electron chi connectivity index (χ1n) is 8.80. The highest BCUT2D eigenvalue weighted by atomic mass is 16.6. The van der Waals surface area contributed by atoms with Gasteiger partial charge in [-0.25, -0.2) is 0 Å². The van der Waals surface area contributed by atoms with Gasteiger partial charge in [-0.3, -0.25) is 9.48 Å². The number of carbonyl (C=O) groups excluding carboxylic acids is 1. The molecule has 7 nitrogen and oxygen atoms in total. The molecule has 0 aliphatic carbocycles. The van der Waals surface area contributed by atoms with Crippen molar-refractivity contribution in [2.45, 2.75) is 12.0 Å². The lowest BCUT2D eigenvalue weighted by atomic mass is 9.99. The summed E-state index contributed by atoms with van der Waals surface area (Å²) in [5, 5.41) is 4.53. The summed E-state index contributed by atoms with van der Waals surface area (Å²) >= 11 is 0. The number of aromatic nitrogens is 2. The van der Waals surface area contributed by atoms with E-state index in [1.807, 2.05) is 36.2 Å². The SMILES string of the molecule is COc1ccccc1-c1nn(C)cc1C(=O)N1CCOC2(CCOC2)C1. The Labute approximate surface area is 152 Å². The van der Waals surface area contributed by atoms with Crippen LogP contribution in [0.15, 0.2) is 30.5 Å². The molecule has 2 fully saturated rings. The van der Waals surface area contributed by atoms with Gasteiger partial charge in [-0.1, -0.05) is 12.1 Å². The molecule has 0 saturated carbocycles. The van der Waals surface area contributed by atoms with E-state index in [1.54, 1.807) is 18.0 Å². The van der Waals surface area contributed by atoms with Crippen LogP contribution in [-0.4, -0.2) is 66.2 Å². The number of hydrogen-bond donors (Lipinski definition) is 0. The molecule has 0 bridgehead atoms. The first-order chi connectivity index (χ1) is 12.6. The van der Waals surface area contributed by atoms with Gasteiger partial charge in [-0.15, -0.1) is 0 Å². The van der Waals surface area contributed by atoms with Gasteiger partial charge in [0.1, 0.15) is 17.0 Å². The zero-order chi connectivity index (χ0) is 18.1. The minimum atomic E-state index is -0.360. The van der Waals surface area contributed by atoms with E-state index >= 15 is 0 Å². The number of ether oxygens (including phenoxy) is 3. The Hall–Kier alpha value is -2.38. The second-order valence-corrected chi connectivity index (χ2v) is 6.83. The summed E-state index contributed by atoms with van der Waals surface area (Å²) in [4.78, 5) is 15.1. The van der Waals surface area contributed by atoms with Gasteiger partial charge in [0.15, 0.2) is 0 Å². The van der Waals surface area contributed by atoms with Gasteiger partial charge in [0.05, 0.1) is 32.4 Å². The van der Waals surface area contributed by atoms with Crippen LogP contribution in [0.5, 0.6) is 5.75 Å². The highest BCUT2D eigenvalue weighted by Crippen LogP contribution is 2.33. The molecule has 1 aromatic heterocycles. The Bertz CT molecular complexity index is 811. The Morgan fingerprint density at radius 2 is 2.15 bits per heavy atom. The Balaban J connectivity index is 1.67. The molecule has 4 rings (SSSR count). The molecule has 138 valence electrons. The predicted octanol–water partition coefficient (Wildman–Crippen LogP) is 1.73. The average Bonchev–Trinajstić information content (AvgIpc) is 3.27. The van der Waals surface area contributed by atoms with Crippen LogP contribution < -0.4 is 4.74 Å². The molecule has 1 atom stereocenters. The van der Waals surface area contributed by atoms with E-state index in [1.165, 1.54) is 0 Å². The molecule has 1 spiro atoms. The summed E-state index contributed by atoms with van der Waals surface area (Å²) in [5.74, 6) is 0.663. The quantitative estimate of drug-likeness (QED) is 0.837. The van der Waals surface area contributed by atoms with E-state index in [0.29, 0.717) is 49.9 Å². The zero-order valence-corrected chi connectivity index (χ0v) is 15.1. The van der Waals surface area contributed by atoms with Crippen molar-refractivity contribution in [3.8, 4) is 17.0 Å². The number of nitrogens with zero attached hydrogens (tertiary/aromatic N) is 3. The number of rotatable bonds is 3. The third kappa shape index (κ3) is 2.97. The number of morpholine rings is 1. The fraction of sp³-hybridized carbons (Fsp3) is 0.474. The van der Waals surface area contributed by atoms with Gasteiger partial charge in [0.25, 0.3) is 5.91 Å². The summed E-state index contributed by atoms with van der Waals surface area (Å²) in [6, 6.07) is 7.61. The molecular weight excluding hydrogens is 334 g/mol. The molecule has 0 N–H and O–H groups in total. The number of amides is 1. The van der Waals surface area contributed by atoms with E-state index in [2.05, 4.69) is 5.10 Å². The summed E-state index contributed by atoms with van der Waals surface area (Å²) < 4.78 is 18.6. The van der Waals surface area contributed by atoms with Crippen LogP contribution in [0.3, 0.4) is 0 Å². The molecule has 0 radical (unpaired) electrons. The van der Waals surface area contributed by atoms with Gasteiger partial charge in [-0.2, -0.15) is 5.10 Å². The van der Waals surface area contributed by atoms with Crippen molar-refractivity contribution in [2.75, 3.05) is 40.0 Å². The van der Waals surface area contributed by atoms with Gasteiger partial charge in [-0.05, 0) is 12.1 Å². The van der Waals surface area contributed by atoms with Crippen LogP contribution >= 0.6 is 0 Å². The molecule has 1 amide bonds. The molecular formula is C19H23N3O4. The number of hydrogen-bond acceptors (Lipinski definition) is 5. The van der Waals surface area contributed by atoms with Gasteiger partial charge in [0, 0.05) is 38.4 Å². The molecule has 7 heteroatoms. The monoisotopic (exact) mass is 357 g/mol. The van der Waals surface area contributed by atoms with Crippen LogP contribution in [0.4, 0.5) is 0 Å². The highest BCUT2D eigenvalue weighted by Gasteiger charge is 2.42. The maximum absolute atomic E-state index is 13.3.